The molecule has 0 aliphatic carbocycles. The van der Waals surface area contributed by atoms with Crippen LogP contribution in [0.3, 0.4) is 0 Å². The van der Waals surface area contributed by atoms with Crippen molar-refractivity contribution in [3.8, 4) is 0 Å². The Morgan fingerprint density at radius 3 is 2.29 bits per heavy atom. The van der Waals surface area contributed by atoms with E-state index in [0.29, 0.717) is 0 Å². The van der Waals surface area contributed by atoms with Crippen LogP contribution in [0.1, 0.15) is 18.4 Å². The summed E-state index contributed by atoms with van der Waals surface area (Å²) in [6.07, 6.45) is -4.30. The van der Waals surface area contributed by atoms with E-state index in [9.17, 15) is 13.2 Å². The van der Waals surface area contributed by atoms with Crippen molar-refractivity contribution in [1.82, 2.24) is 0 Å². The van der Waals surface area contributed by atoms with Gasteiger partial charge in [-0.25, -0.2) is 0 Å². The SMILES string of the molecule is CC(c1cccc(Cl)c1Cl)C(F)(F)F. The summed E-state index contributed by atoms with van der Waals surface area (Å²) in [4.78, 5) is 0. The van der Waals surface area contributed by atoms with Crippen LogP contribution in [0.4, 0.5) is 13.2 Å². The van der Waals surface area contributed by atoms with Gasteiger partial charge in [-0.3, -0.25) is 0 Å². The summed E-state index contributed by atoms with van der Waals surface area (Å²) in [5.41, 5.74) is 0.00617. The smallest absolute Gasteiger partial charge is 0.170 e. The number of halogens is 5. The lowest BCUT2D eigenvalue weighted by Gasteiger charge is -2.17. The van der Waals surface area contributed by atoms with Gasteiger partial charge in [-0.1, -0.05) is 35.3 Å². The monoisotopic (exact) mass is 242 g/mol. The quantitative estimate of drug-likeness (QED) is 0.672. The van der Waals surface area contributed by atoms with Crippen LogP contribution in [0, 0.1) is 0 Å². The van der Waals surface area contributed by atoms with Crippen LogP contribution in [0.5, 0.6) is 0 Å². The highest BCUT2D eigenvalue weighted by molar-refractivity contribution is 6.42. The zero-order valence-corrected chi connectivity index (χ0v) is 8.71. The van der Waals surface area contributed by atoms with E-state index in [1.165, 1.54) is 18.2 Å². The molecule has 0 fully saturated rings. The second kappa shape index (κ2) is 3.99. The lowest BCUT2D eigenvalue weighted by molar-refractivity contribution is -0.146. The summed E-state index contributed by atoms with van der Waals surface area (Å²) in [6, 6.07) is 4.23. The van der Waals surface area contributed by atoms with Gasteiger partial charge in [-0.2, -0.15) is 13.2 Å². The molecule has 0 nitrogen and oxygen atoms in total. The van der Waals surface area contributed by atoms with Crippen LogP contribution in [0.2, 0.25) is 10.0 Å². The van der Waals surface area contributed by atoms with Crippen LogP contribution < -0.4 is 0 Å². The van der Waals surface area contributed by atoms with Gasteiger partial charge in [0.1, 0.15) is 0 Å². The van der Waals surface area contributed by atoms with Crippen LogP contribution in [-0.2, 0) is 0 Å². The maximum atomic E-state index is 12.3. The molecule has 1 aromatic rings. The van der Waals surface area contributed by atoms with Gasteiger partial charge in [-0.05, 0) is 18.6 Å². The minimum atomic E-state index is -4.30. The average molecular weight is 243 g/mol. The second-order valence-corrected chi connectivity index (χ2v) is 3.69. The van der Waals surface area contributed by atoms with Crippen LogP contribution >= 0.6 is 23.2 Å². The topological polar surface area (TPSA) is 0 Å². The first-order valence-electron chi connectivity index (χ1n) is 3.84. The Labute approximate surface area is 89.6 Å². The number of hydrogen-bond acceptors (Lipinski definition) is 0. The molecular weight excluding hydrogens is 236 g/mol. The molecule has 1 aromatic carbocycles. The molecule has 0 saturated heterocycles. The van der Waals surface area contributed by atoms with Crippen molar-refractivity contribution in [3.05, 3.63) is 33.8 Å². The highest BCUT2D eigenvalue weighted by Crippen LogP contribution is 2.39. The minimum absolute atomic E-state index is 0.00617. The Morgan fingerprint density at radius 1 is 1.21 bits per heavy atom. The first-order valence-corrected chi connectivity index (χ1v) is 4.60. The van der Waals surface area contributed by atoms with Gasteiger partial charge < -0.3 is 0 Å². The molecule has 1 unspecified atom stereocenters. The van der Waals surface area contributed by atoms with E-state index >= 15 is 0 Å². The third-order valence-corrected chi connectivity index (χ3v) is 2.77. The fourth-order valence-corrected chi connectivity index (χ4v) is 1.50. The Balaban J connectivity index is 3.14. The minimum Gasteiger partial charge on any atom is -0.170 e. The molecule has 5 heteroatoms. The fourth-order valence-electron chi connectivity index (χ4n) is 1.03. The normalized spacial score (nSPS) is 14.1. The molecule has 0 heterocycles. The van der Waals surface area contributed by atoms with E-state index in [0.717, 1.165) is 6.92 Å². The largest absolute Gasteiger partial charge is 0.395 e. The van der Waals surface area contributed by atoms with Crippen molar-refractivity contribution < 1.29 is 13.2 Å². The summed E-state index contributed by atoms with van der Waals surface area (Å²) >= 11 is 11.3. The van der Waals surface area contributed by atoms with E-state index in [4.69, 9.17) is 23.2 Å². The van der Waals surface area contributed by atoms with E-state index < -0.39 is 12.1 Å². The fraction of sp³-hybridized carbons (Fsp3) is 0.333. The lowest BCUT2D eigenvalue weighted by atomic mass is 10.0. The zero-order valence-electron chi connectivity index (χ0n) is 7.20. The summed E-state index contributed by atoms with van der Waals surface area (Å²) in [5.74, 6) is -1.60. The van der Waals surface area contributed by atoms with Gasteiger partial charge >= 0.3 is 6.18 Å². The molecule has 14 heavy (non-hydrogen) atoms. The average Bonchev–Trinajstić information content (AvgIpc) is 2.07. The maximum absolute atomic E-state index is 12.3. The molecule has 0 saturated carbocycles. The van der Waals surface area contributed by atoms with Crippen molar-refractivity contribution >= 4 is 23.2 Å². The number of hydrogen-bond donors (Lipinski definition) is 0. The number of rotatable bonds is 1. The summed E-state index contributed by atoms with van der Waals surface area (Å²) in [7, 11) is 0. The predicted molar refractivity (Wildman–Crippen MR) is 50.9 cm³/mol. The van der Waals surface area contributed by atoms with Gasteiger partial charge in [0.2, 0.25) is 0 Å². The number of alkyl halides is 3. The van der Waals surface area contributed by atoms with Crippen molar-refractivity contribution in [3.63, 3.8) is 0 Å². The summed E-state index contributed by atoms with van der Waals surface area (Å²) < 4.78 is 37.0. The van der Waals surface area contributed by atoms with Crippen LogP contribution in [0.25, 0.3) is 0 Å². The summed E-state index contributed by atoms with van der Waals surface area (Å²) in [5, 5.41) is 0.110. The van der Waals surface area contributed by atoms with Gasteiger partial charge in [0.05, 0.1) is 16.0 Å². The molecule has 0 radical (unpaired) electrons. The van der Waals surface area contributed by atoms with Gasteiger partial charge in [0.15, 0.2) is 0 Å². The van der Waals surface area contributed by atoms with Crippen molar-refractivity contribution in [2.45, 2.75) is 19.0 Å². The number of benzene rings is 1. The standard InChI is InChI=1S/C9H7Cl2F3/c1-5(9(12,13)14)6-3-2-4-7(10)8(6)11/h2-5H,1H3. The Morgan fingerprint density at radius 2 is 1.79 bits per heavy atom. The first-order chi connectivity index (χ1) is 6.34. The molecule has 0 aromatic heterocycles. The van der Waals surface area contributed by atoms with Crippen molar-refractivity contribution in [1.29, 1.82) is 0 Å². The predicted octanol–water partition coefficient (Wildman–Crippen LogP) is 4.66. The van der Waals surface area contributed by atoms with Crippen molar-refractivity contribution in [2.24, 2.45) is 0 Å². The molecule has 1 rings (SSSR count). The molecular formula is C9H7Cl2F3. The third kappa shape index (κ3) is 2.34. The molecule has 0 amide bonds. The Hall–Kier alpha value is -0.410. The van der Waals surface area contributed by atoms with Gasteiger partial charge in [-0.15, -0.1) is 0 Å². The van der Waals surface area contributed by atoms with Gasteiger partial charge in [0.25, 0.3) is 0 Å². The molecule has 0 spiro atoms. The van der Waals surface area contributed by atoms with E-state index in [2.05, 4.69) is 0 Å². The molecule has 0 aliphatic rings. The lowest BCUT2D eigenvalue weighted by Crippen LogP contribution is -2.18. The van der Waals surface area contributed by atoms with Gasteiger partial charge in [0, 0.05) is 0 Å². The molecule has 1 atom stereocenters. The molecule has 0 N–H and O–H groups in total. The Kier molecular flexibility index (Phi) is 3.32. The molecule has 0 bridgehead atoms. The first kappa shape index (κ1) is 11.7. The Bertz CT molecular complexity index is 333. The van der Waals surface area contributed by atoms with E-state index in [-0.39, 0.29) is 15.6 Å². The highest BCUT2D eigenvalue weighted by atomic mass is 35.5. The summed E-state index contributed by atoms with van der Waals surface area (Å²) in [6.45, 7) is 1.05. The van der Waals surface area contributed by atoms with Crippen LogP contribution in [0.15, 0.2) is 18.2 Å². The van der Waals surface area contributed by atoms with E-state index in [1.54, 1.807) is 0 Å². The maximum Gasteiger partial charge on any atom is 0.395 e. The molecule has 0 aliphatic heterocycles. The van der Waals surface area contributed by atoms with Crippen molar-refractivity contribution in [2.75, 3.05) is 0 Å². The zero-order chi connectivity index (χ0) is 10.9. The van der Waals surface area contributed by atoms with E-state index in [1.807, 2.05) is 0 Å². The molecule has 78 valence electrons. The third-order valence-electron chi connectivity index (χ3n) is 1.94. The highest BCUT2D eigenvalue weighted by Gasteiger charge is 2.38. The van der Waals surface area contributed by atoms with Crippen LogP contribution in [-0.4, -0.2) is 6.18 Å². The second-order valence-electron chi connectivity index (χ2n) is 2.91.